The molecule has 1 aromatic heterocycles. The average molecular weight is 564 g/mol. The largest absolute Gasteiger partial charge is 0.545 e. The predicted octanol–water partition coefficient (Wildman–Crippen LogP) is 3.05. The van der Waals surface area contributed by atoms with Crippen molar-refractivity contribution >= 4 is 59.6 Å². The fraction of sp³-hybridized carbons (Fsp3) is 0.200. The van der Waals surface area contributed by atoms with E-state index < -0.39 is 36.9 Å². The van der Waals surface area contributed by atoms with E-state index in [0.29, 0.717) is 22.8 Å². The number of hydrogen-bond acceptors (Lipinski definition) is 6. The summed E-state index contributed by atoms with van der Waals surface area (Å²) in [5.74, 6) is -2.01. The fourth-order valence-electron chi connectivity index (χ4n) is 4.54. The minimum atomic E-state index is -4.75. The highest BCUT2D eigenvalue weighted by Gasteiger charge is 2.27. The Hall–Kier alpha value is -3.09. The molecule has 3 aromatic carbocycles. The summed E-state index contributed by atoms with van der Waals surface area (Å²) in [6.07, 6.45) is 0.679. The van der Waals surface area contributed by atoms with Crippen molar-refractivity contribution in [1.29, 1.82) is 0 Å². The number of halogens is 1. The zero-order chi connectivity index (χ0) is 27.1. The van der Waals surface area contributed by atoms with Gasteiger partial charge in [-0.15, -0.1) is 0 Å². The van der Waals surface area contributed by atoms with E-state index in [4.69, 9.17) is 11.6 Å². The zero-order valence-corrected chi connectivity index (χ0v) is 21.9. The number of aromatic nitrogens is 1. The molecule has 0 saturated heterocycles. The number of aromatic carboxylic acids is 1. The summed E-state index contributed by atoms with van der Waals surface area (Å²) in [5.41, 5.74) is 1.79. The second-order valence-corrected chi connectivity index (χ2v) is 11.9. The molecule has 4 rings (SSSR count). The van der Waals surface area contributed by atoms with Gasteiger partial charge in [0, 0.05) is 34.7 Å². The quantitative estimate of drug-likeness (QED) is 0.188. The second kappa shape index (κ2) is 9.99. The lowest BCUT2D eigenvalue weighted by Gasteiger charge is -2.17. The van der Waals surface area contributed by atoms with Crippen molar-refractivity contribution < 1.29 is 40.4 Å². The van der Waals surface area contributed by atoms with Crippen LogP contribution in [0.25, 0.3) is 32.9 Å². The van der Waals surface area contributed by atoms with Crippen molar-refractivity contribution in [2.45, 2.75) is 31.2 Å². The van der Waals surface area contributed by atoms with E-state index in [0.717, 1.165) is 11.6 Å². The number of carbonyl (C=O) groups is 1. The van der Waals surface area contributed by atoms with Gasteiger partial charge in [0.15, 0.2) is 6.54 Å². The van der Waals surface area contributed by atoms with Crippen LogP contribution in [0.2, 0.25) is 5.02 Å². The molecule has 37 heavy (non-hydrogen) atoms. The summed E-state index contributed by atoms with van der Waals surface area (Å²) in [4.78, 5) is 12.0. The maximum atomic E-state index is 12.5. The third-order valence-corrected chi connectivity index (χ3v) is 8.05. The van der Waals surface area contributed by atoms with Gasteiger partial charge < -0.3 is 9.90 Å². The van der Waals surface area contributed by atoms with E-state index in [1.165, 1.54) is 18.2 Å². The number of rotatable bonds is 8. The minimum Gasteiger partial charge on any atom is -0.545 e. The summed E-state index contributed by atoms with van der Waals surface area (Å²) in [7, 11) is -8.98. The topological polar surface area (TPSA) is 153 Å². The SMILES string of the molecule is CCc1ccc2c(C(=O)[O-])c3c(-c4ccc(Cl)cc4S(=O)(=O)O)cccc3[n+](CCCS(=O)(=O)O)c2c1. The molecular weight excluding hydrogens is 542 g/mol. The minimum absolute atomic E-state index is 0.0222. The number of nitrogens with zero attached hydrogens (tertiary/aromatic N) is 1. The molecule has 0 fully saturated rings. The van der Waals surface area contributed by atoms with Crippen molar-refractivity contribution in [3.8, 4) is 11.1 Å². The molecule has 0 radical (unpaired) electrons. The van der Waals surface area contributed by atoms with Crippen LogP contribution in [0.15, 0.2) is 59.5 Å². The Morgan fingerprint density at radius 3 is 2.32 bits per heavy atom. The van der Waals surface area contributed by atoms with Gasteiger partial charge in [0.1, 0.15) is 4.90 Å². The highest BCUT2D eigenvalue weighted by Crippen LogP contribution is 2.37. The van der Waals surface area contributed by atoms with E-state index in [2.05, 4.69) is 0 Å². The Bertz CT molecular complexity index is 1780. The van der Waals surface area contributed by atoms with E-state index in [1.54, 1.807) is 34.9 Å². The Balaban J connectivity index is 2.18. The van der Waals surface area contributed by atoms with Crippen LogP contribution in [0.5, 0.6) is 0 Å². The number of carbonyl (C=O) groups excluding carboxylic acids is 1. The number of carboxylic acid groups (broad SMARTS) is 1. The summed E-state index contributed by atoms with van der Waals surface area (Å²) in [6, 6.07) is 13.8. The smallest absolute Gasteiger partial charge is 0.295 e. The lowest BCUT2D eigenvalue weighted by Crippen LogP contribution is -2.38. The maximum absolute atomic E-state index is 12.5. The normalized spacial score (nSPS) is 12.3. The Labute approximate surface area is 218 Å². The third kappa shape index (κ3) is 5.46. The van der Waals surface area contributed by atoms with Gasteiger partial charge in [-0.1, -0.05) is 42.8 Å². The van der Waals surface area contributed by atoms with Gasteiger partial charge in [0.2, 0.25) is 11.0 Å². The molecule has 4 aromatic rings. The molecule has 0 unspecified atom stereocenters. The lowest BCUT2D eigenvalue weighted by molar-refractivity contribution is -0.645. The molecule has 0 aliphatic rings. The number of aryl methyl sites for hydroxylation is 2. The first kappa shape index (κ1) is 27.0. The van der Waals surface area contributed by atoms with Crippen molar-refractivity contribution in [2.75, 3.05) is 5.75 Å². The molecule has 0 bridgehead atoms. The van der Waals surface area contributed by atoms with Crippen molar-refractivity contribution in [3.05, 3.63) is 70.7 Å². The molecule has 2 N–H and O–H groups in total. The predicted molar refractivity (Wildman–Crippen MR) is 137 cm³/mol. The molecule has 194 valence electrons. The van der Waals surface area contributed by atoms with Crippen molar-refractivity contribution in [3.63, 3.8) is 0 Å². The summed E-state index contributed by atoms with van der Waals surface area (Å²) in [6.45, 7) is 2.03. The molecular formula is C25H22ClNO8S2. The first-order valence-corrected chi connectivity index (χ1v) is 14.6. The highest BCUT2D eigenvalue weighted by atomic mass is 35.5. The van der Waals surface area contributed by atoms with Crippen LogP contribution in [0.4, 0.5) is 0 Å². The van der Waals surface area contributed by atoms with Crippen LogP contribution >= 0.6 is 11.6 Å². The molecule has 0 aliphatic heterocycles. The van der Waals surface area contributed by atoms with Crippen LogP contribution in [-0.4, -0.2) is 37.7 Å². The lowest BCUT2D eigenvalue weighted by atomic mass is 9.93. The Kier molecular flexibility index (Phi) is 7.28. The van der Waals surface area contributed by atoms with Gasteiger partial charge in [-0.05, 0) is 35.7 Å². The molecule has 0 aliphatic carbocycles. The average Bonchev–Trinajstić information content (AvgIpc) is 2.81. The Morgan fingerprint density at radius 1 is 0.973 bits per heavy atom. The zero-order valence-electron chi connectivity index (χ0n) is 19.5. The first-order valence-electron chi connectivity index (χ1n) is 11.2. The van der Waals surface area contributed by atoms with Gasteiger partial charge in [-0.2, -0.15) is 21.4 Å². The summed E-state index contributed by atoms with van der Waals surface area (Å²) >= 11 is 5.98. The van der Waals surface area contributed by atoms with Crippen LogP contribution in [0, 0.1) is 0 Å². The van der Waals surface area contributed by atoms with Gasteiger partial charge in [-0.3, -0.25) is 9.11 Å². The molecule has 1 heterocycles. The van der Waals surface area contributed by atoms with Gasteiger partial charge in [0.25, 0.3) is 20.2 Å². The van der Waals surface area contributed by atoms with Crippen LogP contribution in [0.3, 0.4) is 0 Å². The second-order valence-electron chi connectivity index (χ2n) is 8.47. The molecule has 0 amide bonds. The summed E-state index contributed by atoms with van der Waals surface area (Å²) in [5, 5.41) is 13.0. The van der Waals surface area contributed by atoms with Gasteiger partial charge >= 0.3 is 0 Å². The maximum Gasteiger partial charge on any atom is 0.295 e. The standard InChI is InChI=1S/C25H22ClNO8S2/c1-2-15-7-9-19-21(13-15)27(11-4-12-36(30,31)32)20-6-3-5-18(23(20)24(19)25(28)29)17-10-8-16(26)14-22(17)37(33,34)35/h3,5-10,13-14H,2,4,11-12H2,1H3,(H2-,28,29,30,31,32,33,34,35). The molecule has 0 saturated carbocycles. The number of pyridine rings is 1. The summed E-state index contributed by atoms with van der Waals surface area (Å²) < 4.78 is 68.0. The molecule has 12 heteroatoms. The number of benzene rings is 3. The van der Waals surface area contributed by atoms with Crippen LogP contribution in [-0.2, 0) is 33.2 Å². The van der Waals surface area contributed by atoms with Crippen molar-refractivity contribution in [2.24, 2.45) is 0 Å². The Morgan fingerprint density at radius 2 is 1.70 bits per heavy atom. The third-order valence-electron chi connectivity index (χ3n) is 6.11. The number of carboxylic acids is 1. The number of fused-ring (bicyclic) bond motifs is 2. The van der Waals surface area contributed by atoms with Gasteiger partial charge in [-0.25, -0.2) is 0 Å². The number of hydrogen-bond donors (Lipinski definition) is 2. The van der Waals surface area contributed by atoms with E-state index in [1.807, 2.05) is 6.92 Å². The molecule has 0 spiro atoms. The fourth-order valence-corrected chi connectivity index (χ4v) is 6.00. The monoisotopic (exact) mass is 563 g/mol. The van der Waals surface area contributed by atoms with Crippen LogP contribution < -0.4 is 9.67 Å². The van der Waals surface area contributed by atoms with E-state index in [9.17, 15) is 35.8 Å². The van der Waals surface area contributed by atoms with E-state index >= 15 is 0 Å². The van der Waals surface area contributed by atoms with Crippen molar-refractivity contribution in [1.82, 2.24) is 0 Å². The van der Waals surface area contributed by atoms with Crippen LogP contribution in [0.1, 0.15) is 29.3 Å². The van der Waals surface area contributed by atoms with Gasteiger partial charge in [0.05, 0.1) is 22.5 Å². The first-order chi connectivity index (χ1) is 17.3. The van der Waals surface area contributed by atoms with E-state index in [-0.39, 0.29) is 40.1 Å². The highest BCUT2D eigenvalue weighted by molar-refractivity contribution is 7.86. The molecule has 9 nitrogen and oxygen atoms in total. The molecule has 0 atom stereocenters.